The highest BCUT2D eigenvalue weighted by atomic mass is 31.2. The number of hydrogen-bond donors (Lipinski definition) is 0. The van der Waals surface area contributed by atoms with Crippen molar-refractivity contribution in [3.63, 3.8) is 0 Å². The monoisotopic (exact) mass is 452 g/mol. The lowest BCUT2D eigenvalue weighted by atomic mass is 10.1. The lowest BCUT2D eigenvalue weighted by molar-refractivity contribution is 0.110. The van der Waals surface area contributed by atoms with Crippen LogP contribution >= 0.6 is 7.82 Å². The topological polar surface area (TPSA) is 44.8 Å². The number of aryl methyl sites for hydroxylation is 3. The average molecular weight is 453 g/mol. The zero-order chi connectivity index (χ0) is 22.3. The van der Waals surface area contributed by atoms with Crippen molar-refractivity contribution >= 4 is 7.82 Å². The van der Waals surface area contributed by atoms with E-state index in [2.05, 4.69) is 36.4 Å². The minimum atomic E-state index is -3.58. The predicted octanol–water partition coefficient (Wildman–Crippen LogP) is 7.04. The Labute approximate surface area is 192 Å². The van der Waals surface area contributed by atoms with E-state index >= 15 is 0 Å². The van der Waals surface area contributed by atoms with E-state index in [-0.39, 0.29) is 0 Å². The minimum Gasteiger partial charge on any atom is -0.287 e. The largest absolute Gasteiger partial charge is 0.474 e. The van der Waals surface area contributed by atoms with Gasteiger partial charge in [-0.05, 0) is 55.2 Å². The second kappa shape index (κ2) is 14.0. The molecular weight excluding hydrogens is 419 g/mol. The smallest absolute Gasteiger partial charge is 0.287 e. The molecule has 0 spiro atoms. The molecule has 0 saturated heterocycles. The molecule has 0 atom stereocenters. The standard InChI is InChI=1S/C27H33O4P/c28-32(29-22-10-19-25-13-4-1-5-14-25,30-23-11-20-26-15-6-2-7-16-26)31-24-12-21-27-17-8-3-9-18-27/h1-9,13-18H,10-12,19-24H2. The van der Waals surface area contributed by atoms with Crippen LogP contribution in [0.15, 0.2) is 91.0 Å². The number of phosphoric ester groups is 1. The third-order valence-electron chi connectivity index (χ3n) is 5.11. The molecule has 4 nitrogen and oxygen atoms in total. The molecule has 0 heterocycles. The fourth-order valence-electron chi connectivity index (χ4n) is 3.40. The van der Waals surface area contributed by atoms with Gasteiger partial charge < -0.3 is 0 Å². The summed E-state index contributed by atoms with van der Waals surface area (Å²) in [5.74, 6) is 0. The number of phosphoric acid groups is 1. The molecule has 5 heteroatoms. The summed E-state index contributed by atoms with van der Waals surface area (Å²) in [6.07, 6.45) is 4.87. The van der Waals surface area contributed by atoms with Crippen molar-refractivity contribution in [3.05, 3.63) is 108 Å². The van der Waals surface area contributed by atoms with Gasteiger partial charge in [-0.3, -0.25) is 13.6 Å². The molecule has 0 amide bonds. The fourth-order valence-corrected chi connectivity index (χ4v) is 4.69. The van der Waals surface area contributed by atoms with Crippen molar-refractivity contribution < 1.29 is 18.1 Å². The Morgan fingerprint density at radius 3 is 1.03 bits per heavy atom. The van der Waals surface area contributed by atoms with Gasteiger partial charge in [0.15, 0.2) is 0 Å². The van der Waals surface area contributed by atoms with E-state index in [1.807, 2.05) is 54.6 Å². The molecular formula is C27H33O4P. The lowest BCUT2D eigenvalue weighted by Gasteiger charge is -2.18. The van der Waals surface area contributed by atoms with Crippen LogP contribution in [-0.2, 0) is 37.4 Å². The molecule has 0 N–H and O–H groups in total. The van der Waals surface area contributed by atoms with Crippen LogP contribution in [0.5, 0.6) is 0 Å². The Morgan fingerprint density at radius 2 is 0.750 bits per heavy atom. The van der Waals surface area contributed by atoms with Gasteiger partial charge in [0.25, 0.3) is 0 Å². The summed E-state index contributed by atoms with van der Waals surface area (Å²) < 4.78 is 30.2. The van der Waals surface area contributed by atoms with Crippen molar-refractivity contribution in [2.75, 3.05) is 19.8 Å². The first-order valence-corrected chi connectivity index (χ1v) is 12.8. The fraction of sp³-hybridized carbons (Fsp3) is 0.333. The van der Waals surface area contributed by atoms with Gasteiger partial charge in [-0.1, -0.05) is 91.0 Å². The maximum absolute atomic E-state index is 13.2. The Bertz CT molecular complexity index is 794. The summed E-state index contributed by atoms with van der Waals surface area (Å²) in [5.41, 5.74) is 3.70. The summed E-state index contributed by atoms with van der Waals surface area (Å²) in [4.78, 5) is 0. The van der Waals surface area contributed by atoms with E-state index in [9.17, 15) is 4.57 Å². The molecule has 0 fully saturated rings. The molecule has 32 heavy (non-hydrogen) atoms. The van der Waals surface area contributed by atoms with Crippen LogP contribution in [0.2, 0.25) is 0 Å². The Kier molecular flexibility index (Phi) is 10.7. The van der Waals surface area contributed by atoms with E-state index in [4.69, 9.17) is 13.6 Å². The van der Waals surface area contributed by atoms with Crippen LogP contribution in [0.3, 0.4) is 0 Å². The van der Waals surface area contributed by atoms with Gasteiger partial charge in [-0.2, -0.15) is 0 Å². The molecule has 0 unspecified atom stereocenters. The molecule has 0 aliphatic rings. The molecule has 0 aliphatic heterocycles. The van der Waals surface area contributed by atoms with Crippen molar-refractivity contribution in [2.24, 2.45) is 0 Å². The van der Waals surface area contributed by atoms with Crippen LogP contribution in [0.4, 0.5) is 0 Å². The summed E-state index contributed by atoms with van der Waals surface area (Å²) in [7, 11) is -3.58. The highest BCUT2D eigenvalue weighted by Gasteiger charge is 2.26. The number of benzene rings is 3. The molecule has 0 bridgehead atoms. The second-order valence-corrected chi connectivity index (χ2v) is 9.38. The summed E-state index contributed by atoms with van der Waals surface area (Å²) in [6, 6.07) is 30.6. The molecule has 3 rings (SSSR count). The van der Waals surface area contributed by atoms with Crippen LogP contribution in [0, 0.1) is 0 Å². The number of hydrogen-bond acceptors (Lipinski definition) is 4. The van der Waals surface area contributed by atoms with E-state index in [1.165, 1.54) is 16.7 Å². The van der Waals surface area contributed by atoms with Gasteiger partial charge in [0.2, 0.25) is 0 Å². The van der Waals surface area contributed by atoms with Crippen molar-refractivity contribution in [1.82, 2.24) is 0 Å². The maximum atomic E-state index is 13.2. The third kappa shape index (κ3) is 9.50. The van der Waals surface area contributed by atoms with Crippen LogP contribution < -0.4 is 0 Å². The predicted molar refractivity (Wildman–Crippen MR) is 130 cm³/mol. The van der Waals surface area contributed by atoms with E-state index in [1.54, 1.807) is 0 Å². The SMILES string of the molecule is O=P(OCCCc1ccccc1)(OCCCc1ccccc1)OCCCc1ccccc1. The average Bonchev–Trinajstić information content (AvgIpc) is 2.85. The van der Waals surface area contributed by atoms with Crippen molar-refractivity contribution in [1.29, 1.82) is 0 Å². The van der Waals surface area contributed by atoms with Crippen LogP contribution in [-0.4, -0.2) is 19.8 Å². The van der Waals surface area contributed by atoms with Gasteiger partial charge >= 0.3 is 7.82 Å². The Hall–Kier alpha value is -2.23. The molecule has 3 aromatic carbocycles. The van der Waals surface area contributed by atoms with Crippen LogP contribution in [0.1, 0.15) is 36.0 Å². The van der Waals surface area contributed by atoms with Gasteiger partial charge in [0.05, 0.1) is 19.8 Å². The van der Waals surface area contributed by atoms with Crippen LogP contribution in [0.25, 0.3) is 0 Å². The number of rotatable bonds is 15. The first-order chi connectivity index (χ1) is 15.7. The summed E-state index contributed by atoms with van der Waals surface area (Å²) in [6.45, 7) is 1.01. The molecule has 0 radical (unpaired) electrons. The zero-order valence-corrected chi connectivity index (χ0v) is 19.5. The molecule has 0 saturated carbocycles. The minimum absolute atomic E-state index is 0.337. The summed E-state index contributed by atoms with van der Waals surface area (Å²) >= 11 is 0. The maximum Gasteiger partial charge on any atom is 0.474 e. The van der Waals surface area contributed by atoms with E-state index in [0.717, 1.165) is 38.5 Å². The summed E-state index contributed by atoms with van der Waals surface area (Å²) in [5, 5.41) is 0. The van der Waals surface area contributed by atoms with E-state index < -0.39 is 7.82 Å². The molecule has 0 aliphatic carbocycles. The van der Waals surface area contributed by atoms with E-state index in [0.29, 0.717) is 19.8 Å². The molecule has 3 aromatic rings. The quantitative estimate of drug-likeness (QED) is 0.183. The van der Waals surface area contributed by atoms with Gasteiger partial charge in [0.1, 0.15) is 0 Å². The highest BCUT2D eigenvalue weighted by Crippen LogP contribution is 2.49. The second-order valence-electron chi connectivity index (χ2n) is 7.71. The van der Waals surface area contributed by atoms with Gasteiger partial charge in [0, 0.05) is 0 Å². The highest BCUT2D eigenvalue weighted by molar-refractivity contribution is 7.48. The molecule has 170 valence electrons. The van der Waals surface area contributed by atoms with Gasteiger partial charge in [-0.15, -0.1) is 0 Å². The Morgan fingerprint density at radius 1 is 0.469 bits per heavy atom. The Balaban J connectivity index is 1.43. The molecule has 0 aromatic heterocycles. The normalized spacial score (nSPS) is 11.5. The third-order valence-corrected chi connectivity index (χ3v) is 6.60. The van der Waals surface area contributed by atoms with Gasteiger partial charge in [-0.25, -0.2) is 4.57 Å². The van der Waals surface area contributed by atoms with Crippen molar-refractivity contribution in [3.8, 4) is 0 Å². The lowest BCUT2D eigenvalue weighted by Crippen LogP contribution is -2.06. The first kappa shape index (κ1) is 24.4. The van der Waals surface area contributed by atoms with Crippen molar-refractivity contribution in [2.45, 2.75) is 38.5 Å². The first-order valence-electron chi connectivity index (χ1n) is 11.4. The zero-order valence-electron chi connectivity index (χ0n) is 18.6.